The van der Waals surface area contributed by atoms with Gasteiger partial charge in [-0.3, -0.25) is 4.90 Å². The molecule has 1 aromatic rings. The molecular weight excluding hydrogens is 308 g/mol. The average molecular weight is 339 g/mol. The normalized spacial score (nSPS) is 20.6. The summed E-state index contributed by atoms with van der Waals surface area (Å²) in [5, 5.41) is 0. The van der Waals surface area contributed by atoms with E-state index in [9.17, 15) is 8.42 Å². The number of nitrogens with one attached hydrogen (secondary N) is 1. The first kappa shape index (κ1) is 18.4. The van der Waals surface area contributed by atoms with E-state index in [0.29, 0.717) is 12.5 Å². The van der Waals surface area contributed by atoms with Crippen LogP contribution in [-0.2, 0) is 22.0 Å². The van der Waals surface area contributed by atoms with Crippen LogP contribution in [0.15, 0.2) is 24.3 Å². The van der Waals surface area contributed by atoms with Crippen molar-refractivity contribution in [3.8, 4) is 0 Å². The Morgan fingerprint density at radius 1 is 1.22 bits per heavy atom. The molecule has 23 heavy (non-hydrogen) atoms. The topological polar surface area (TPSA) is 49.4 Å². The van der Waals surface area contributed by atoms with Crippen molar-refractivity contribution in [1.82, 2.24) is 9.62 Å². The van der Waals surface area contributed by atoms with E-state index in [1.807, 2.05) is 0 Å². The van der Waals surface area contributed by atoms with Crippen LogP contribution in [0.5, 0.6) is 0 Å². The van der Waals surface area contributed by atoms with Crippen LogP contribution in [0.2, 0.25) is 0 Å². The van der Waals surface area contributed by atoms with E-state index in [1.54, 1.807) is 0 Å². The highest BCUT2D eigenvalue weighted by Gasteiger charge is 2.21. The molecule has 0 unspecified atom stereocenters. The van der Waals surface area contributed by atoms with Gasteiger partial charge in [0.1, 0.15) is 0 Å². The lowest BCUT2D eigenvalue weighted by Gasteiger charge is -2.32. The Kier molecular flexibility index (Phi) is 5.87. The quantitative estimate of drug-likeness (QED) is 0.898. The second-order valence-corrected chi connectivity index (χ2v) is 9.64. The van der Waals surface area contributed by atoms with E-state index in [4.69, 9.17) is 0 Å². The minimum atomic E-state index is -3.09. The molecule has 1 heterocycles. The Morgan fingerprint density at radius 3 is 2.43 bits per heavy atom. The number of hydrogen-bond acceptors (Lipinski definition) is 3. The summed E-state index contributed by atoms with van der Waals surface area (Å²) in [5.74, 6) is 0.410. The molecule has 4 nitrogen and oxygen atoms in total. The third-order valence-corrected chi connectivity index (χ3v) is 5.15. The molecule has 1 fully saturated rings. The minimum Gasteiger partial charge on any atom is -0.299 e. The Hall–Kier alpha value is -0.910. The van der Waals surface area contributed by atoms with Crippen molar-refractivity contribution in [2.24, 2.45) is 5.92 Å². The minimum absolute atomic E-state index is 0.187. The third-order valence-electron chi connectivity index (χ3n) is 4.46. The van der Waals surface area contributed by atoms with Gasteiger partial charge in [0.25, 0.3) is 0 Å². The van der Waals surface area contributed by atoms with Gasteiger partial charge in [-0.05, 0) is 41.8 Å². The van der Waals surface area contributed by atoms with E-state index >= 15 is 0 Å². The molecule has 0 radical (unpaired) electrons. The summed E-state index contributed by atoms with van der Waals surface area (Å²) in [7, 11) is -3.09. The van der Waals surface area contributed by atoms with Gasteiger partial charge in [-0.25, -0.2) is 13.1 Å². The SMILES string of the molecule is CC(C)(C)c1ccc(CN2CCC[C@@H](CNS(C)(=O)=O)C2)cc1. The highest BCUT2D eigenvalue weighted by molar-refractivity contribution is 7.88. The standard InChI is InChI=1S/C18H30N2O2S/c1-18(2,3)17-9-7-15(8-10-17)13-20-11-5-6-16(14-20)12-19-23(4,21)22/h7-10,16,19H,5-6,11-14H2,1-4H3/t16-/m0/s1. The summed E-state index contributed by atoms with van der Waals surface area (Å²) in [6.07, 6.45) is 3.46. The molecular formula is C18H30N2O2S. The van der Waals surface area contributed by atoms with Gasteiger partial charge in [-0.2, -0.15) is 0 Å². The summed E-state index contributed by atoms with van der Waals surface area (Å²) < 4.78 is 25.1. The van der Waals surface area contributed by atoms with Gasteiger partial charge in [0.15, 0.2) is 0 Å². The Morgan fingerprint density at radius 2 is 1.87 bits per heavy atom. The van der Waals surface area contributed by atoms with E-state index < -0.39 is 10.0 Å². The van der Waals surface area contributed by atoms with Crippen molar-refractivity contribution in [3.05, 3.63) is 35.4 Å². The molecule has 1 aliphatic rings. The molecule has 0 spiro atoms. The molecule has 2 rings (SSSR count). The van der Waals surface area contributed by atoms with Crippen LogP contribution in [0.3, 0.4) is 0 Å². The fourth-order valence-corrected chi connectivity index (χ4v) is 3.64. The van der Waals surface area contributed by atoms with Gasteiger partial charge in [-0.1, -0.05) is 45.0 Å². The summed E-state index contributed by atoms with van der Waals surface area (Å²) in [6, 6.07) is 8.89. The van der Waals surface area contributed by atoms with E-state index in [-0.39, 0.29) is 5.41 Å². The van der Waals surface area contributed by atoms with E-state index in [1.165, 1.54) is 17.4 Å². The van der Waals surface area contributed by atoms with Gasteiger partial charge in [0.05, 0.1) is 6.26 Å². The highest BCUT2D eigenvalue weighted by Crippen LogP contribution is 2.23. The van der Waals surface area contributed by atoms with Crippen LogP contribution in [0.25, 0.3) is 0 Å². The van der Waals surface area contributed by atoms with Crippen molar-refractivity contribution in [1.29, 1.82) is 0 Å². The molecule has 0 amide bonds. The number of sulfonamides is 1. The molecule has 1 aliphatic heterocycles. The molecule has 0 aromatic heterocycles. The summed E-state index contributed by atoms with van der Waals surface area (Å²) in [5.41, 5.74) is 2.87. The van der Waals surface area contributed by atoms with Crippen molar-refractivity contribution < 1.29 is 8.42 Å². The molecule has 1 atom stereocenters. The maximum Gasteiger partial charge on any atom is 0.208 e. The maximum absolute atomic E-state index is 11.2. The second-order valence-electron chi connectivity index (χ2n) is 7.81. The van der Waals surface area contributed by atoms with Crippen LogP contribution in [0.4, 0.5) is 0 Å². The van der Waals surface area contributed by atoms with E-state index in [0.717, 1.165) is 32.5 Å². The first-order valence-corrected chi connectivity index (χ1v) is 10.3. The zero-order valence-electron chi connectivity index (χ0n) is 14.8. The predicted molar refractivity (Wildman–Crippen MR) is 96.0 cm³/mol. The highest BCUT2D eigenvalue weighted by atomic mass is 32.2. The number of rotatable bonds is 5. The lowest BCUT2D eigenvalue weighted by Crippen LogP contribution is -2.40. The van der Waals surface area contributed by atoms with Crippen LogP contribution in [0, 0.1) is 5.92 Å². The second kappa shape index (κ2) is 7.32. The number of nitrogens with zero attached hydrogens (tertiary/aromatic N) is 1. The van der Waals surface area contributed by atoms with Gasteiger partial charge in [0.2, 0.25) is 10.0 Å². The number of hydrogen-bond donors (Lipinski definition) is 1. The van der Waals surface area contributed by atoms with Crippen LogP contribution >= 0.6 is 0 Å². The Labute approximate surface area is 141 Å². The molecule has 1 N–H and O–H groups in total. The number of benzene rings is 1. The van der Waals surface area contributed by atoms with Crippen molar-refractivity contribution in [3.63, 3.8) is 0 Å². The van der Waals surface area contributed by atoms with Crippen LogP contribution < -0.4 is 4.72 Å². The summed E-state index contributed by atoms with van der Waals surface area (Å²) >= 11 is 0. The number of likely N-dealkylation sites (tertiary alicyclic amines) is 1. The molecule has 0 saturated carbocycles. The maximum atomic E-state index is 11.2. The molecule has 1 aromatic carbocycles. The van der Waals surface area contributed by atoms with Gasteiger partial charge in [0, 0.05) is 19.6 Å². The fraction of sp³-hybridized carbons (Fsp3) is 0.667. The van der Waals surface area contributed by atoms with Gasteiger partial charge in [-0.15, -0.1) is 0 Å². The lowest BCUT2D eigenvalue weighted by atomic mass is 9.86. The van der Waals surface area contributed by atoms with Crippen LogP contribution in [-0.4, -0.2) is 39.2 Å². The molecule has 5 heteroatoms. The lowest BCUT2D eigenvalue weighted by molar-refractivity contribution is 0.169. The summed E-state index contributed by atoms with van der Waals surface area (Å²) in [6.45, 7) is 10.2. The Balaban J connectivity index is 1.90. The smallest absolute Gasteiger partial charge is 0.208 e. The van der Waals surface area contributed by atoms with Gasteiger partial charge >= 0.3 is 0 Å². The average Bonchev–Trinajstić information content (AvgIpc) is 2.44. The predicted octanol–water partition coefficient (Wildman–Crippen LogP) is 2.75. The molecule has 0 bridgehead atoms. The largest absolute Gasteiger partial charge is 0.299 e. The zero-order valence-corrected chi connectivity index (χ0v) is 15.6. The monoisotopic (exact) mass is 338 g/mol. The first-order chi connectivity index (χ1) is 10.6. The molecule has 0 aliphatic carbocycles. The van der Waals surface area contributed by atoms with Crippen molar-refractivity contribution in [2.45, 2.75) is 45.6 Å². The van der Waals surface area contributed by atoms with Crippen molar-refractivity contribution in [2.75, 3.05) is 25.9 Å². The first-order valence-electron chi connectivity index (χ1n) is 8.40. The Bertz CT molecular complexity index is 603. The van der Waals surface area contributed by atoms with Crippen LogP contribution in [0.1, 0.15) is 44.7 Å². The summed E-state index contributed by atoms with van der Waals surface area (Å²) in [4.78, 5) is 2.43. The van der Waals surface area contributed by atoms with Crippen molar-refractivity contribution >= 4 is 10.0 Å². The van der Waals surface area contributed by atoms with Gasteiger partial charge < -0.3 is 0 Å². The fourth-order valence-electron chi connectivity index (χ4n) is 3.10. The van der Waals surface area contributed by atoms with E-state index in [2.05, 4.69) is 54.7 Å². The molecule has 1 saturated heterocycles. The molecule has 130 valence electrons. The number of piperidine rings is 1. The zero-order chi connectivity index (χ0) is 17.1. The third kappa shape index (κ3) is 6.24.